The van der Waals surface area contributed by atoms with Gasteiger partial charge in [-0.15, -0.1) is 0 Å². The molecule has 0 amide bonds. The van der Waals surface area contributed by atoms with Crippen LogP contribution in [0.2, 0.25) is 0 Å². The number of rotatable bonds is 0. The maximum atomic E-state index is 8.76. The minimum atomic E-state index is 0.329. The maximum absolute atomic E-state index is 8.76. The van der Waals surface area contributed by atoms with Gasteiger partial charge in [-0.3, -0.25) is 0 Å². The van der Waals surface area contributed by atoms with Crippen molar-refractivity contribution in [3.63, 3.8) is 0 Å². The summed E-state index contributed by atoms with van der Waals surface area (Å²) in [6.07, 6.45) is 5.79. The molecule has 1 unspecified atom stereocenters. The minimum absolute atomic E-state index is 0.329. The Morgan fingerprint density at radius 2 is 1.20 bits per heavy atom. The van der Waals surface area contributed by atoms with Gasteiger partial charge in [-0.25, -0.2) is 0 Å². The highest BCUT2D eigenvalue weighted by molar-refractivity contribution is 5.25. The zero-order valence-electron chi connectivity index (χ0n) is 16.4. The average Bonchev–Trinajstić information content (AvgIpc) is 2.53. The third-order valence-corrected chi connectivity index (χ3v) is 4.52. The van der Waals surface area contributed by atoms with Gasteiger partial charge in [0.25, 0.3) is 0 Å². The second kappa shape index (κ2) is 10.1. The highest BCUT2D eigenvalue weighted by Gasteiger charge is 2.24. The molecule has 0 radical (unpaired) electrons. The van der Waals surface area contributed by atoms with Crippen LogP contribution in [0.4, 0.5) is 0 Å². The molecular formula is C23H34O2. The standard InChI is InChI=1S/C9H18.2C7H8O/c1-8-5-4-6-9(2,3)7-8;2*1-6-2-4-7(8)5-3-6/h8H,4-7H2,1-3H3;2*2-5,8H,1H3. The van der Waals surface area contributed by atoms with Gasteiger partial charge in [-0.1, -0.05) is 69.0 Å². The summed E-state index contributed by atoms with van der Waals surface area (Å²) in [6, 6.07) is 14.2. The quantitative estimate of drug-likeness (QED) is 0.564. The topological polar surface area (TPSA) is 40.5 Å². The molecule has 25 heavy (non-hydrogen) atoms. The Kier molecular flexibility index (Phi) is 8.54. The molecule has 2 aromatic rings. The lowest BCUT2D eigenvalue weighted by molar-refractivity contribution is 0.191. The van der Waals surface area contributed by atoms with Crippen LogP contribution in [0.3, 0.4) is 0 Å². The van der Waals surface area contributed by atoms with Crippen LogP contribution in [0.15, 0.2) is 48.5 Å². The smallest absolute Gasteiger partial charge is 0.115 e. The number of phenols is 2. The van der Waals surface area contributed by atoms with E-state index in [0.717, 1.165) is 5.92 Å². The summed E-state index contributed by atoms with van der Waals surface area (Å²) in [7, 11) is 0. The van der Waals surface area contributed by atoms with Gasteiger partial charge >= 0.3 is 0 Å². The van der Waals surface area contributed by atoms with Crippen LogP contribution in [-0.2, 0) is 0 Å². The molecule has 0 spiro atoms. The molecule has 1 saturated carbocycles. The second-order valence-electron chi connectivity index (χ2n) is 8.04. The second-order valence-corrected chi connectivity index (χ2v) is 8.04. The molecule has 2 aromatic carbocycles. The molecule has 0 aromatic heterocycles. The molecule has 138 valence electrons. The average molecular weight is 343 g/mol. The first-order valence-electron chi connectivity index (χ1n) is 9.19. The third kappa shape index (κ3) is 9.81. The molecule has 2 N–H and O–H groups in total. The van der Waals surface area contributed by atoms with Crippen LogP contribution in [0, 0.1) is 25.2 Å². The summed E-state index contributed by atoms with van der Waals surface area (Å²) in [4.78, 5) is 0. The first kappa shape index (κ1) is 21.1. The van der Waals surface area contributed by atoms with Crippen LogP contribution < -0.4 is 0 Å². The van der Waals surface area contributed by atoms with E-state index in [0.29, 0.717) is 16.9 Å². The first-order chi connectivity index (χ1) is 11.7. The lowest BCUT2D eigenvalue weighted by Gasteiger charge is -2.33. The Hall–Kier alpha value is -1.96. The van der Waals surface area contributed by atoms with E-state index >= 15 is 0 Å². The normalized spacial score (nSPS) is 18.2. The molecule has 0 heterocycles. The van der Waals surface area contributed by atoms with Crippen molar-refractivity contribution in [1.29, 1.82) is 0 Å². The van der Waals surface area contributed by atoms with Crippen LogP contribution in [0.25, 0.3) is 0 Å². The summed E-state index contributed by atoms with van der Waals surface area (Å²) in [6.45, 7) is 11.1. The first-order valence-corrected chi connectivity index (χ1v) is 9.19. The van der Waals surface area contributed by atoms with Gasteiger partial charge in [0.2, 0.25) is 0 Å². The zero-order valence-corrected chi connectivity index (χ0v) is 16.4. The fourth-order valence-electron chi connectivity index (χ4n) is 3.17. The highest BCUT2D eigenvalue weighted by Crippen LogP contribution is 2.37. The highest BCUT2D eigenvalue weighted by atomic mass is 16.3. The molecule has 1 aliphatic rings. The van der Waals surface area contributed by atoms with Crippen molar-refractivity contribution in [3.8, 4) is 11.5 Å². The van der Waals surface area contributed by atoms with Crippen LogP contribution in [-0.4, -0.2) is 10.2 Å². The number of hydrogen-bond acceptors (Lipinski definition) is 2. The summed E-state index contributed by atoms with van der Waals surface area (Å²) >= 11 is 0. The number of phenolic OH excluding ortho intramolecular Hbond substituents is 2. The van der Waals surface area contributed by atoms with Gasteiger partial charge in [-0.05, 0) is 62.3 Å². The van der Waals surface area contributed by atoms with Crippen molar-refractivity contribution in [3.05, 3.63) is 59.7 Å². The van der Waals surface area contributed by atoms with Crippen LogP contribution in [0.5, 0.6) is 11.5 Å². The third-order valence-electron chi connectivity index (χ3n) is 4.52. The zero-order chi connectivity index (χ0) is 18.9. The lowest BCUT2D eigenvalue weighted by atomic mass is 9.73. The maximum Gasteiger partial charge on any atom is 0.115 e. The molecule has 0 saturated heterocycles. The van der Waals surface area contributed by atoms with E-state index in [1.807, 2.05) is 38.1 Å². The van der Waals surface area contributed by atoms with E-state index in [1.54, 1.807) is 24.3 Å². The fourth-order valence-corrected chi connectivity index (χ4v) is 3.17. The Bertz CT molecular complexity index is 511. The predicted molar refractivity (Wildman–Crippen MR) is 107 cm³/mol. The van der Waals surface area contributed by atoms with Crippen molar-refractivity contribution in [2.45, 2.75) is 60.3 Å². The van der Waals surface area contributed by atoms with E-state index in [2.05, 4.69) is 20.8 Å². The van der Waals surface area contributed by atoms with Gasteiger partial charge in [0.05, 0.1) is 0 Å². The predicted octanol–water partition coefficient (Wildman–Crippen LogP) is 6.62. The van der Waals surface area contributed by atoms with Crippen molar-refractivity contribution < 1.29 is 10.2 Å². The van der Waals surface area contributed by atoms with E-state index in [9.17, 15) is 0 Å². The molecule has 1 aliphatic carbocycles. The molecule has 0 aliphatic heterocycles. The lowest BCUT2D eigenvalue weighted by Crippen LogP contribution is -2.20. The number of aromatic hydroxyl groups is 2. The minimum Gasteiger partial charge on any atom is -0.508 e. The fraction of sp³-hybridized carbons (Fsp3) is 0.478. The number of benzene rings is 2. The monoisotopic (exact) mass is 342 g/mol. The Morgan fingerprint density at radius 3 is 1.44 bits per heavy atom. The van der Waals surface area contributed by atoms with Crippen molar-refractivity contribution >= 4 is 0 Å². The molecule has 3 rings (SSSR count). The largest absolute Gasteiger partial charge is 0.508 e. The van der Waals surface area contributed by atoms with E-state index in [-0.39, 0.29) is 0 Å². The van der Waals surface area contributed by atoms with Crippen molar-refractivity contribution in [1.82, 2.24) is 0 Å². The SMILES string of the molecule is CC1CCCC(C)(C)C1.Cc1ccc(O)cc1.Cc1ccc(O)cc1. The van der Waals surface area contributed by atoms with Gasteiger partial charge < -0.3 is 10.2 Å². The van der Waals surface area contributed by atoms with E-state index < -0.39 is 0 Å². The van der Waals surface area contributed by atoms with Crippen molar-refractivity contribution in [2.75, 3.05) is 0 Å². The molecular weight excluding hydrogens is 308 g/mol. The number of hydrogen-bond donors (Lipinski definition) is 2. The molecule has 1 fully saturated rings. The van der Waals surface area contributed by atoms with Gasteiger partial charge in [-0.2, -0.15) is 0 Å². The summed E-state index contributed by atoms with van der Waals surface area (Å²) in [5.41, 5.74) is 2.99. The Labute approximate surface area is 153 Å². The van der Waals surface area contributed by atoms with E-state index in [4.69, 9.17) is 10.2 Å². The van der Waals surface area contributed by atoms with E-state index in [1.165, 1.54) is 36.8 Å². The summed E-state index contributed by atoms with van der Waals surface area (Å²) in [5, 5.41) is 17.5. The Morgan fingerprint density at radius 1 is 0.800 bits per heavy atom. The summed E-state index contributed by atoms with van der Waals surface area (Å²) in [5.74, 6) is 1.64. The molecule has 0 bridgehead atoms. The van der Waals surface area contributed by atoms with Gasteiger partial charge in [0.1, 0.15) is 11.5 Å². The van der Waals surface area contributed by atoms with Gasteiger partial charge in [0.15, 0.2) is 0 Å². The molecule has 2 heteroatoms. The Balaban J connectivity index is 0.000000188. The van der Waals surface area contributed by atoms with Crippen LogP contribution >= 0.6 is 0 Å². The van der Waals surface area contributed by atoms with Crippen LogP contribution in [0.1, 0.15) is 57.6 Å². The number of aryl methyl sites for hydroxylation is 2. The van der Waals surface area contributed by atoms with Crippen molar-refractivity contribution in [2.24, 2.45) is 11.3 Å². The molecule has 2 nitrogen and oxygen atoms in total. The summed E-state index contributed by atoms with van der Waals surface area (Å²) < 4.78 is 0. The molecule has 1 atom stereocenters. The van der Waals surface area contributed by atoms with Gasteiger partial charge in [0, 0.05) is 0 Å².